The lowest BCUT2D eigenvalue weighted by atomic mass is 10.5. The predicted octanol–water partition coefficient (Wildman–Crippen LogP) is 3.98. The van der Waals surface area contributed by atoms with Crippen LogP contribution in [0.25, 0.3) is 0 Å². The maximum atomic E-state index is 5.58. The molecule has 6 nitrogen and oxygen atoms in total. The summed E-state index contributed by atoms with van der Waals surface area (Å²) in [7, 11) is 0. The zero-order valence-electron chi connectivity index (χ0n) is 15.4. The molecular weight excluding hydrogens is 359 g/mol. The summed E-state index contributed by atoms with van der Waals surface area (Å²) in [6.45, 7) is 10.8. The number of alkyl halides is 2. The zero-order valence-corrected chi connectivity index (χ0v) is 16.9. The van der Waals surface area contributed by atoms with Crippen molar-refractivity contribution >= 4 is 23.2 Å². The number of hydrogen-bond acceptors (Lipinski definition) is 6. The van der Waals surface area contributed by atoms with Crippen molar-refractivity contribution in [1.82, 2.24) is 0 Å². The van der Waals surface area contributed by atoms with Crippen LogP contribution in [-0.4, -0.2) is 64.4 Å². The van der Waals surface area contributed by atoms with Gasteiger partial charge < -0.3 is 28.4 Å². The van der Waals surface area contributed by atoms with Gasteiger partial charge in [-0.05, 0) is 27.7 Å². The summed E-state index contributed by atoms with van der Waals surface area (Å²) in [6, 6.07) is 0. The van der Waals surface area contributed by atoms with Crippen LogP contribution in [0.15, 0.2) is 0 Å². The summed E-state index contributed by atoms with van der Waals surface area (Å²) in [4.78, 5) is 0. The van der Waals surface area contributed by atoms with Gasteiger partial charge in [0.2, 0.25) is 0 Å². The maximum Gasteiger partial charge on any atom is 0.164 e. The quantitative estimate of drug-likeness (QED) is 0.225. The second-order valence-corrected chi connectivity index (χ2v) is 5.04. The van der Waals surface area contributed by atoms with Crippen LogP contribution in [0.3, 0.4) is 0 Å². The van der Waals surface area contributed by atoms with Crippen LogP contribution >= 0.6 is 23.2 Å². The molecule has 0 aromatic heterocycles. The van der Waals surface area contributed by atoms with Crippen molar-refractivity contribution in [2.45, 2.75) is 53.1 Å². The van der Waals surface area contributed by atoms with Gasteiger partial charge in [-0.15, -0.1) is 23.2 Å². The largest absolute Gasteiger partial charge is 0.356 e. The average molecular weight is 393 g/mol. The number of hydrogen-bond donors (Lipinski definition) is 0. The third-order valence-electron chi connectivity index (χ3n) is 2.48. The first-order valence-electron chi connectivity index (χ1n) is 8.43. The normalized spacial score (nSPS) is 11.0. The standard InChI is InChI=1S/C9H19ClO4.C7H15ClO2/c1-3-11-7-13-9(5-6-10)14-8-12-4-2;1-3-9-7(5-6-8)10-4-2/h9H,3-8H2,1-2H3;7H,3-6H2,1-2H3. The lowest BCUT2D eigenvalue weighted by Crippen LogP contribution is -2.21. The molecule has 148 valence electrons. The van der Waals surface area contributed by atoms with Crippen LogP contribution in [0.5, 0.6) is 0 Å². The van der Waals surface area contributed by atoms with Crippen molar-refractivity contribution in [3.63, 3.8) is 0 Å². The van der Waals surface area contributed by atoms with Crippen LogP contribution in [0.1, 0.15) is 40.5 Å². The molecule has 0 saturated heterocycles. The van der Waals surface area contributed by atoms with Gasteiger partial charge in [0.15, 0.2) is 12.6 Å². The van der Waals surface area contributed by atoms with Crippen LogP contribution in [-0.2, 0) is 28.4 Å². The van der Waals surface area contributed by atoms with E-state index in [-0.39, 0.29) is 26.2 Å². The molecule has 0 radical (unpaired) electrons. The third-order valence-corrected chi connectivity index (χ3v) is 2.91. The van der Waals surface area contributed by atoms with Crippen molar-refractivity contribution in [3.05, 3.63) is 0 Å². The van der Waals surface area contributed by atoms with E-state index in [1.54, 1.807) is 0 Å². The van der Waals surface area contributed by atoms with E-state index < -0.39 is 0 Å². The smallest absolute Gasteiger partial charge is 0.164 e. The molecule has 0 aromatic rings. The first-order valence-corrected chi connectivity index (χ1v) is 9.50. The molecule has 0 heterocycles. The molecular formula is C16H34Cl2O6. The van der Waals surface area contributed by atoms with E-state index in [9.17, 15) is 0 Å². The Morgan fingerprint density at radius 2 is 0.958 bits per heavy atom. The van der Waals surface area contributed by atoms with Crippen molar-refractivity contribution in [2.24, 2.45) is 0 Å². The Labute approximate surface area is 157 Å². The minimum atomic E-state index is -0.342. The van der Waals surface area contributed by atoms with Crippen molar-refractivity contribution in [3.8, 4) is 0 Å². The maximum absolute atomic E-state index is 5.58. The first-order chi connectivity index (χ1) is 11.7. The molecule has 0 bridgehead atoms. The fourth-order valence-corrected chi connectivity index (χ4v) is 1.75. The molecule has 8 heteroatoms. The van der Waals surface area contributed by atoms with Gasteiger partial charge in [0, 0.05) is 51.0 Å². The molecule has 0 saturated carbocycles. The van der Waals surface area contributed by atoms with Gasteiger partial charge in [0.1, 0.15) is 13.6 Å². The topological polar surface area (TPSA) is 55.4 Å². The van der Waals surface area contributed by atoms with Crippen LogP contribution in [0, 0.1) is 0 Å². The second-order valence-electron chi connectivity index (χ2n) is 4.28. The van der Waals surface area contributed by atoms with Gasteiger partial charge in [-0.1, -0.05) is 0 Å². The monoisotopic (exact) mass is 392 g/mol. The summed E-state index contributed by atoms with van der Waals surface area (Å²) < 4.78 is 31.0. The highest BCUT2D eigenvalue weighted by atomic mass is 35.5. The molecule has 0 N–H and O–H groups in total. The van der Waals surface area contributed by atoms with Crippen molar-refractivity contribution in [2.75, 3.05) is 51.8 Å². The fraction of sp³-hybridized carbons (Fsp3) is 1.00. The van der Waals surface area contributed by atoms with Gasteiger partial charge in [0.05, 0.1) is 0 Å². The molecule has 0 aliphatic carbocycles. The van der Waals surface area contributed by atoms with E-state index >= 15 is 0 Å². The number of rotatable bonds is 16. The molecule has 0 fully saturated rings. The molecule has 0 amide bonds. The van der Waals surface area contributed by atoms with E-state index in [0.29, 0.717) is 44.6 Å². The summed E-state index contributed by atoms with van der Waals surface area (Å²) in [5, 5.41) is 0. The highest BCUT2D eigenvalue weighted by molar-refractivity contribution is 6.18. The Bertz CT molecular complexity index is 200. The van der Waals surface area contributed by atoms with Gasteiger partial charge in [0.25, 0.3) is 0 Å². The average Bonchev–Trinajstić information content (AvgIpc) is 2.57. The van der Waals surface area contributed by atoms with Crippen LogP contribution in [0.4, 0.5) is 0 Å². The lowest BCUT2D eigenvalue weighted by Gasteiger charge is -2.16. The fourth-order valence-electron chi connectivity index (χ4n) is 1.39. The van der Waals surface area contributed by atoms with Crippen molar-refractivity contribution in [1.29, 1.82) is 0 Å². The van der Waals surface area contributed by atoms with E-state index in [1.165, 1.54) is 0 Å². The molecule has 0 unspecified atom stereocenters. The highest BCUT2D eigenvalue weighted by Gasteiger charge is 2.08. The van der Waals surface area contributed by atoms with Gasteiger partial charge in [-0.2, -0.15) is 0 Å². The van der Waals surface area contributed by atoms with Gasteiger partial charge in [-0.3, -0.25) is 0 Å². The Hall–Kier alpha value is 0.340. The number of ether oxygens (including phenoxy) is 6. The summed E-state index contributed by atoms with van der Waals surface area (Å²) in [5.74, 6) is 1.08. The summed E-state index contributed by atoms with van der Waals surface area (Å²) in [6.07, 6.45) is 0.948. The van der Waals surface area contributed by atoms with E-state index in [2.05, 4.69) is 0 Å². The molecule has 0 atom stereocenters. The van der Waals surface area contributed by atoms with Crippen molar-refractivity contribution < 1.29 is 28.4 Å². The molecule has 0 aliphatic heterocycles. The molecule has 0 aliphatic rings. The van der Waals surface area contributed by atoms with E-state index in [0.717, 1.165) is 6.42 Å². The molecule has 24 heavy (non-hydrogen) atoms. The predicted molar refractivity (Wildman–Crippen MR) is 96.7 cm³/mol. The van der Waals surface area contributed by atoms with Gasteiger partial charge >= 0.3 is 0 Å². The Morgan fingerprint density at radius 1 is 0.583 bits per heavy atom. The zero-order chi connectivity index (χ0) is 18.5. The van der Waals surface area contributed by atoms with E-state index in [4.69, 9.17) is 51.6 Å². The Morgan fingerprint density at radius 3 is 1.25 bits per heavy atom. The van der Waals surface area contributed by atoms with Crippen LogP contribution in [0.2, 0.25) is 0 Å². The van der Waals surface area contributed by atoms with Crippen LogP contribution < -0.4 is 0 Å². The summed E-state index contributed by atoms with van der Waals surface area (Å²) in [5.41, 5.74) is 0. The minimum absolute atomic E-state index is 0.104. The number of halogens is 2. The molecule has 0 spiro atoms. The highest BCUT2D eigenvalue weighted by Crippen LogP contribution is 2.03. The second kappa shape index (κ2) is 23.3. The Balaban J connectivity index is 0. The minimum Gasteiger partial charge on any atom is -0.356 e. The van der Waals surface area contributed by atoms with Gasteiger partial charge in [-0.25, -0.2) is 0 Å². The SMILES string of the molecule is CCOC(CCCl)OCC.CCOCOC(CCCl)OCOCC. The summed E-state index contributed by atoms with van der Waals surface area (Å²) >= 11 is 11.1. The third kappa shape index (κ3) is 20.4. The Kier molecular flexibility index (Phi) is 25.8. The molecule has 0 aromatic carbocycles. The molecule has 0 rings (SSSR count). The lowest BCUT2D eigenvalue weighted by molar-refractivity contribution is -0.227. The first kappa shape index (κ1) is 26.6. The van der Waals surface area contributed by atoms with E-state index in [1.807, 2.05) is 27.7 Å².